The Hall–Kier alpha value is -0.610. The molecule has 0 radical (unpaired) electrons. The van der Waals surface area contributed by atoms with Crippen molar-refractivity contribution in [1.29, 1.82) is 0 Å². The van der Waals surface area contributed by atoms with E-state index in [0.29, 0.717) is 12.3 Å². The Labute approximate surface area is 85.8 Å². The predicted molar refractivity (Wildman–Crippen MR) is 58.3 cm³/mol. The lowest BCUT2D eigenvalue weighted by molar-refractivity contribution is -0.00689. The minimum atomic E-state index is -0.924. The summed E-state index contributed by atoms with van der Waals surface area (Å²) in [7, 11) is 0. The first-order chi connectivity index (χ1) is 6.48. The zero-order chi connectivity index (χ0) is 11.0. The second-order valence-corrected chi connectivity index (χ2v) is 3.99. The molecule has 0 aliphatic carbocycles. The van der Waals surface area contributed by atoms with Gasteiger partial charge in [-0.15, -0.1) is 0 Å². The summed E-state index contributed by atoms with van der Waals surface area (Å²) in [6.07, 6.45) is 3.53. The molecule has 0 aliphatic rings. The molecular weight excluding hydrogens is 180 g/mol. The Morgan fingerprint density at radius 1 is 1.36 bits per heavy atom. The van der Waals surface area contributed by atoms with E-state index < -0.39 is 5.60 Å². The third-order valence-corrected chi connectivity index (χ3v) is 2.08. The van der Waals surface area contributed by atoms with E-state index in [1.54, 1.807) is 13.8 Å². The summed E-state index contributed by atoms with van der Waals surface area (Å²) in [4.78, 5) is 4.06. The highest BCUT2D eigenvalue weighted by molar-refractivity contribution is 5.77. The summed E-state index contributed by atoms with van der Waals surface area (Å²) in [6, 6.07) is 0. The maximum absolute atomic E-state index is 9.47. The normalized spacial score (nSPS) is 16.7. The van der Waals surface area contributed by atoms with E-state index >= 15 is 0 Å². The van der Waals surface area contributed by atoms with Gasteiger partial charge in [-0.2, -0.15) is 0 Å². The second-order valence-electron chi connectivity index (χ2n) is 3.99. The fourth-order valence-electron chi connectivity index (χ4n) is 1.13. The average molecular weight is 202 g/mol. The molecule has 4 N–H and O–H groups in total. The molecule has 0 aromatic carbocycles. The van der Waals surface area contributed by atoms with Crippen LogP contribution in [0.4, 0.5) is 0 Å². The summed E-state index contributed by atoms with van der Waals surface area (Å²) in [5, 5.41) is 18.3. The van der Waals surface area contributed by atoms with Gasteiger partial charge in [0.15, 0.2) is 0 Å². The molecule has 0 bridgehead atoms. The summed E-state index contributed by atoms with van der Waals surface area (Å²) < 4.78 is 0. The Kier molecular flexibility index (Phi) is 6.49. The van der Waals surface area contributed by atoms with Crippen LogP contribution in [0, 0.1) is 0 Å². The highest BCUT2D eigenvalue weighted by atomic mass is 16.3. The fraction of sp³-hybridized carbons (Fsp3) is 0.900. The molecule has 0 unspecified atom stereocenters. The van der Waals surface area contributed by atoms with E-state index in [2.05, 4.69) is 4.99 Å². The standard InChI is InChI=1S/C10H22N2O2/c1-9(11)12-7-5-3-4-6-10(2,14)8-13/h13-14H,3-8H2,1-2H3,(H2,11,12)/t10-/m1/s1. The number of hydrogen-bond acceptors (Lipinski definition) is 3. The molecule has 0 amide bonds. The van der Waals surface area contributed by atoms with E-state index in [1.165, 1.54) is 0 Å². The molecule has 4 heteroatoms. The van der Waals surface area contributed by atoms with Crippen LogP contribution in [0.25, 0.3) is 0 Å². The third-order valence-electron chi connectivity index (χ3n) is 2.08. The molecule has 0 aromatic rings. The number of aliphatic imine (C=N–C) groups is 1. The van der Waals surface area contributed by atoms with Crippen LogP contribution in [-0.2, 0) is 0 Å². The van der Waals surface area contributed by atoms with Crippen molar-refractivity contribution in [2.45, 2.75) is 45.1 Å². The van der Waals surface area contributed by atoms with Gasteiger partial charge in [-0.1, -0.05) is 12.8 Å². The summed E-state index contributed by atoms with van der Waals surface area (Å²) in [6.45, 7) is 4.00. The van der Waals surface area contributed by atoms with Crippen molar-refractivity contribution in [3.63, 3.8) is 0 Å². The number of aliphatic hydroxyl groups is 2. The average Bonchev–Trinajstić information content (AvgIpc) is 2.10. The quantitative estimate of drug-likeness (QED) is 0.322. The number of nitrogens with two attached hydrogens (primary N) is 1. The van der Waals surface area contributed by atoms with Gasteiger partial charge in [-0.25, -0.2) is 0 Å². The van der Waals surface area contributed by atoms with Crippen LogP contribution in [0.2, 0.25) is 0 Å². The fourth-order valence-corrected chi connectivity index (χ4v) is 1.13. The third kappa shape index (κ3) is 8.01. The predicted octanol–water partition coefficient (Wildman–Crippen LogP) is 0.667. The highest BCUT2D eigenvalue weighted by Gasteiger charge is 2.17. The highest BCUT2D eigenvalue weighted by Crippen LogP contribution is 2.13. The van der Waals surface area contributed by atoms with E-state index in [1.807, 2.05) is 0 Å². The molecule has 0 heterocycles. The molecule has 84 valence electrons. The number of aliphatic hydroxyl groups excluding tert-OH is 1. The first-order valence-corrected chi connectivity index (χ1v) is 5.08. The van der Waals surface area contributed by atoms with E-state index in [4.69, 9.17) is 10.8 Å². The van der Waals surface area contributed by atoms with Crippen molar-refractivity contribution < 1.29 is 10.2 Å². The Bertz CT molecular complexity index is 175. The largest absolute Gasteiger partial charge is 0.393 e. The Balaban J connectivity index is 3.34. The minimum Gasteiger partial charge on any atom is -0.393 e. The van der Waals surface area contributed by atoms with Crippen molar-refractivity contribution in [1.82, 2.24) is 0 Å². The van der Waals surface area contributed by atoms with Crippen LogP contribution in [0.3, 0.4) is 0 Å². The van der Waals surface area contributed by atoms with Gasteiger partial charge in [0.2, 0.25) is 0 Å². The number of unbranched alkanes of at least 4 members (excludes halogenated alkanes) is 2. The van der Waals surface area contributed by atoms with Crippen molar-refractivity contribution in [3.05, 3.63) is 0 Å². The van der Waals surface area contributed by atoms with Gasteiger partial charge in [0.05, 0.1) is 18.0 Å². The summed E-state index contributed by atoms with van der Waals surface area (Å²) in [5.41, 5.74) is 4.45. The van der Waals surface area contributed by atoms with Crippen molar-refractivity contribution >= 4 is 5.84 Å². The van der Waals surface area contributed by atoms with Crippen LogP contribution in [0.5, 0.6) is 0 Å². The number of rotatable bonds is 7. The van der Waals surface area contributed by atoms with Crippen LogP contribution in [0.15, 0.2) is 4.99 Å². The van der Waals surface area contributed by atoms with Gasteiger partial charge >= 0.3 is 0 Å². The molecular formula is C10H22N2O2. The maximum atomic E-state index is 9.47. The molecule has 0 saturated heterocycles. The summed E-state index contributed by atoms with van der Waals surface area (Å²) in [5.74, 6) is 0.618. The first-order valence-electron chi connectivity index (χ1n) is 5.08. The Morgan fingerprint density at radius 3 is 2.50 bits per heavy atom. The maximum Gasteiger partial charge on any atom is 0.0905 e. The van der Waals surface area contributed by atoms with E-state index in [0.717, 1.165) is 25.8 Å². The van der Waals surface area contributed by atoms with Gasteiger partial charge in [0, 0.05) is 6.54 Å². The van der Waals surface area contributed by atoms with Gasteiger partial charge < -0.3 is 15.9 Å². The molecule has 0 fully saturated rings. The SMILES string of the molecule is CC(N)=NCCCCC[C@@](C)(O)CO. The molecule has 1 atom stereocenters. The molecule has 0 aromatic heterocycles. The lowest BCUT2D eigenvalue weighted by atomic mass is 9.99. The number of hydrogen-bond donors (Lipinski definition) is 3. The molecule has 14 heavy (non-hydrogen) atoms. The van der Waals surface area contributed by atoms with Crippen LogP contribution < -0.4 is 5.73 Å². The van der Waals surface area contributed by atoms with Gasteiger partial charge in [0.1, 0.15) is 0 Å². The smallest absolute Gasteiger partial charge is 0.0905 e. The zero-order valence-corrected chi connectivity index (χ0v) is 9.16. The van der Waals surface area contributed by atoms with E-state index in [-0.39, 0.29) is 6.61 Å². The zero-order valence-electron chi connectivity index (χ0n) is 9.16. The van der Waals surface area contributed by atoms with Gasteiger partial charge in [-0.3, -0.25) is 4.99 Å². The summed E-state index contributed by atoms with van der Waals surface area (Å²) >= 11 is 0. The topological polar surface area (TPSA) is 78.8 Å². The minimum absolute atomic E-state index is 0.174. The number of nitrogens with zero attached hydrogens (tertiary/aromatic N) is 1. The van der Waals surface area contributed by atoms with E-state index in [9.17, 15) is 5.11 Å². The monoisotopic (exact) mass is 202 g/mol. The lowest BCUT2D eigenvalue weighted by Gasteiger charge is -2.19. The molecule has 0 saturated carbocycles. The van der Waals surface area contributed by atoms with Gasteiger partial charge in [-0.05, 0) is 26.7 Å². The van der Waals surface area contributed by atoms with Crippen LogP contribution in [-0.4, -0.2) is 34.8 Å². The van der Waals surface area contributed by atoms with Crippen molar-refractivity contribution in [3.8, 4) is 0 Å². The molecule has 0 rings (SSSR count). The van der Waals surface area contributed by atoms with Crippen molar-refractivity contribution in [2.75, 3.05) is 13.2 Å². The van der Waals surface area contributed by atoms with Gasteiger partial charge in [0.25, 0.3) is 0 Å². The second kappa shape index (κ2) is 6.79. The first kappa shape index (κ1) is 13.4. The molecule has 0 spiro atoms. The Morgan fingerprint density at radius 2 is 2.00 bits per heavy atom. The lowest BCUT2D eigenvalue weighted by Crippen LogP contribution is -2.28. The van der Waals surface area contributed by atoms with Crippen LogP contribution in [0.1, 0.15) is 39.5 Å². The molecule has 0 aliphatic heterocycles. The van der Waals surface area contributed by atoms with Crippen LogP contribution >= 0.6 is 0 Å². The number of amidine groups is 1. The molecule has 4 nitrogen and oxygen atoms in total. The van der Waals surface area contributed by atoms with Crippen molar-refractivity contribution in [2.24, 2.45) is 10.7 Å².